The highest BCUT2D eigenvalue weighted by atomic mass is 16.5. The highest BCUT2D eigenvalue weighted by Gasteiger charge is 2.32. The smallest absolute Gasteiger partial charge is 0.475 e. The molecule has 7 nitrogen and oxygen atoms in total. The minimum atomic E-state index is -1.68. The van der Waals surface area contributed by atoms with Gasteiger partial charge >= 0.3 is 7.12 Å². The Hall–Kier alpha value is -2.84. The number of amides is 2. The Morgan fingerprint density at radius 3 is 2.47 bits per heavy atom. The molecule has 1 aliphatic rings. The van der Waals surface area contributed by atoms with Gasteiger partial charge in [-0.05, 0) is 54.4 Å². The minimum Gasteiger partial charge on any atom is -0.496 e. The number of hydrogen-bond acceptors (Lipinski definition) is 5. The Kier molecular flexibility index (Phi) is 9.13. The summed E-state index contributed by atoms with van der Waals surface area (Å²) >= 11 is 0. The average molecular weight is 466 g/mol. The lowest BCUT2D eigenvalue weighted by Gasteiger charge is -2.28. The lowest BCUT2D eigenvalue weighted by molar-refractivity contribution is -0.131. The van der Waals surface area contributed by atoms with Crippen molar-refractivity contribution < 1.29 is 24.4 Å². The maximum atomic E-state index is 13.3. The second-order valence-corrected chi connectivity index (χ2v) is 9.45. The predicted octanol–water partition coefficient (Wildman–Crippen LogP) is 2.07. The molecule has 0 radical (unpaired) electrons. The molecule has 2 amide bonds. The number of carbonyl (C=O) groups excluding carboxylic acids is 2. The van der Waals surface area contributed by atoms with Crippen LogP contribution in [-0.2, 0) is 28.9 Å². The normalized spacial score (nSPS) is 16.8. The van der Waals surface area contributed by atoms with E-state index in [-0.39, 0.29) is 17.7 Å². The van der Waals surface area contributed by atoms with E-state index in [0.29, 0.717) is 25.7 Å². The van der Waals surface area contributed by atoms with Crippen LogP contribution >= 0.6 is 0 Å². The van der Waals surface area contributed by atoms with E-state index in [1.807, 2.05) is 56.3 Å². The summed E-state index contributed by atoms with van der Waals surface area (Å²) in [6.07, 6.45) is 2.73. The molecule has 3 rings (SSSR count). The van der Waals surface area contributed by atoms with E-state index in [1.54, 1.807) is 7.11 Å². The molecule has 3 atom stereocenters. The maximum Gasteiger partial charge on any atom is 0.475 e. The van der Waals surface area contributed by atoms with Crippen LogP contribution in [0.1, 0.15) is 43.4 Å². The minimum absolute atomic E-state index is 0.159. The fourth-order valence-electron chi connectivity index (χ4n) is 4.57. The number of fused-ring (bicyclic) bond motifs is 1. The SMILES string of the molecule is COc1cccc2c1CC(C(=O)N[C@@H](Cc1ccccc1)C(=O)N[C@@H](CC(C)C)B(O)O)CC2. The highest BCUT2D eigenvalue weighted by Crippen LogP contribution is 2.32. The van der Waals surface area contributed by atoms with Crippen molar-refractivity contribution in [1.82, 2.24) is 10.6 Å². The Balaban J connectivity index is 1.75. The number of aryl methyl sites for hydroxylation is 1. The first-order chi connectivity index (χ1) is 16.3. The molecular formula is C26H35BN2O5. The van der Waals surface area contributed by atoms with Crippen molar-refractivity contribution in [2.45, 2.75) is 57.9 Å². The standard InChI is InChI=1S/C26H35BN2O5/c1-17(2)14-24(27(32)33)29-26(31)22(15-18-8-5-4-6-9-18)28-25(30)20-13-12-19-10-7-11-23(34-3)21(19)16-20/h4-11,17,20,22,24,32-33H,12-16H2,1-3H3,(H,28,30)(H,29,31)/t20?,22-,24-/m0/s1. The van der Waals surface area contributed by atoms with Gasteiger partial charge in [-0.1, -0.05) is 56.3 Å². The molecule has 2 aromatic carbocycles. The van der Waals surface area contributed by atoms with Gasteiger partial charge in [0.2, 0.25) is 11.8 Å². The zero-order valence-electron chi connectivity index (χ0n) is 20.2. The molecule has 0 aromatic heterocycles. The van der Waals surface area contributed by atoms with Crippen molar-refractivity contribution in [1.29, 1.82) is 0 Å². The first kappa shape index (κ1) is 25.8. The van der Waals surface area contributed by atoms with Crippen LogP contribution < -0.4 is 15.4 Å². The van der Waals surface area contributed by atoms with Gasteiger partial charge < -0.3 is 25.4 Å². The van der Waals surface area contributed by atoms with Crippen LogP contribution in [0.5, 0.6) is 5.75 Å². The lowest BCUT2D eigenvalue weighted by atomic mass is 9.75. The summed E-state index contributed by atoms with van der Waals surface area (Å²) in [6, 6.07) is 14.6. The fourth-order valence-corrected chi connectivity index (χ4v) is 4.57. The number of rotatable bonds is 10. The van der Waals surface area contributed by atoms with Gasteiger partial charge in [-0.3, -0.25) is 9.59 Å². The van der Waals surface area contributed by atoms with E-state index < -0.39 is 25.0 Å². The van der Waals surface area contributed by atoms with Crippen molar-refractivity contribution in [3.05, 3.63) is 65.2 Å². The number of nitrogens with one attached hydrogen (secondary N) is 2. The molecule has 34 heavy (non-hydrogen) atoms. The van der Waals surface area contributed by atoms with Crippen LogP contribution in [0.3, 0.4) is 0 Å². The van der Waals surface area contributed by atoms with Crippen molar-refractivity contribution in [3.8, 4) is 5.75 Å². The highest BCUT2D eigenvalue weighted by molar-refractivity contribution is 6.43. The van der Waals surface area contributed by atoms with Crippen LogP contribution in [0.25, 0.3) is 0 Å². The first-order valence-electron chi connectivity index (χ1n) is 11.9. The van der Waals surface area contributed by atoms with E-state index in [9.17, 15) is 19.6 Å². The Morgan fingerprint density at radius 1 is 1.09 bits per heavy atom. The van der Waals surface area contributed by atoms with Crippen LogP contribution in [-0.4, -0.2) is 48.1 Å². The van der Waals surface area contributed by atoms with Gasteiger partial charge in [0, 0.05) is 12.3 Å². The van der Waals surface area contributed by atoms with Crippen molar-refractivity contribution in [2.24, 2.45) is 11.8 Å². The molecule has 2 aromatic rings. The molecule has 182 valence electrons. The van der Waals surface area contributed by atoms with Crippen LogP contribution in [0.4, 0.5) is 0 Å². The second-order valence-electron chi connectivity index (χ2n) is 9.45. The third-order valence-corrected chi connectivity index (χ3v) is 6.36. The van der Waals surface area contributed by atoms with Gasteiger partial charge in [0.05, 0.1) is 13.1 Å². The topological polar surface area (TPSA) is 108 Å². The Bertz CT molecular complexity index is 953. The fraction of sp³-hybridized carbons (Fsp3) is 0.462. The van der Waals surface area contributed by atoms with E-state index >= 15 is 0 Å². The van der Waals surface area contributed by atoms with Crippen molar-refractivity contribution in [2.75, 3.05) is 7.11 Å². The summed E-state index contributed by atoms with van der Waals surface area (Å²) in [6.45, 7) is 3.89. The predicted molar refractivity (Wildman–Crippen MR) is 132 cm³/mol. The van der Waals surface area contributed by atoms with Gasteiger partial charge in [0.25, 0.3) is 0 Å². The van der Waals surface area contributed by atoms with E-state index in [4.69, 9.17) is 4.74 Å². The summed E-state index contributed by atoms with van der Waals surface area (Å²) in [4.78, 5) is 26.5. The Morgan fingerprint density at radius 2 is 1.82 bits per heavy atom. The summed E-state index contributed by atoms with van der Waals surface area (Å²) in [5.74, 6) is -0.755. The number of methoxy groups -OCH3 is 1. The molecule has 1 unspecified atom stereocenters. The first-order valence-corrected chi connectivity index (χ1v) is 11.9. The van der Waals surface area contributed by atoms with Gasteiger partial charge in [-0.15, -0.1) is 0 Å². The van der Waals surface area contributed by atoms with E-state index in [2.05, 4.69) is 16.7 Å². The van der Waals surface area contributed by atoms with E-state index in [0.717, 1.165) is 23.3 Å². The van der Waals surface area contributed by atoms with Crippen LogP contribution in [0, 0.1) is 11.8 Å². The van der Waals surface area contributed by atoms with Crippen molar-refractivity contribution in [3.63, 3.8) is 0 Å². The number of ether oxygens (including phenoxy) is 1. The lowest BCUT2D eigenvalue weighted by Crippen LogP contribution is -2.55. The third kappa shape index (κ3) is 6.84. The zero-order chi connectivity index (χ0) is 24.7. The molecule has 0 fully saturated rings. The molecule has 1 aliphatic carbocycles. The summed E-state index contributed by atoms with van der Waals surface area (Å²) in [5.41, 5.74) is 3.14. The van der Waals surface area contributed by atoms with Crippen LogP contribution in [0.2, 0.25) is 0 Å². The number of hydrogen-bond donors (Lipinski definition) is 4. The molecule has 0 saturated heterocycles. The monoisotopic (exact) mass is 466 g/mol. The van der Waals surface area contributed by atoms with Gasteiger partial charge in [0.1, 0.15) is 11.8 Å². The molecule has 8 heteroatoms. The van der Waals surface area contributed by atoms with Crippen molar-refractivity contribution >= 4 is 18.9 Å². The quantitative estimate of drug-likeness (QED) is 0.401. The second kappa shape index (κ2) is 12.0. The largest absolute Gasteiger partial charge is 0.496 e. The third-order valence-electron chi connectivity index (χ3n) is 6.36. The van der Waals surface area contributed by atoms with Gasteiger partial charge in [0.15, 0.2) is 0 Å². The zero-order valence-corrected chi connectivity index (χ0v) is 20.2. The molecule has 0 bridgehead atoms. The Labute approximate surface area is 202 Å². The van der Waals surface area contributed by atoms with Gasteiger partial charge in [-0.2, -0.15) is 0 Å². The molecular weight excluding hydrogens is 431 g/mol. The molecule has 0 aliphatic heterocycles. The maximum absolute atomic E-state index is 13.3. The van der Waals surface area contributed by atoms with Crippen LogP contribution in [0.15, 0.2) is 48.5 Å². The van der Waals surface area contributed by atoms with Gasteiger partial charge in [-0.25, -0.2) is 0 Å². The van der Waals surface area contributed by atoms with E-state index in [1.165, 1.54) is 5.56 Å². The molecule has 0 spiro atoms. The molecule has 0 saturated carbocycles. The molecule has 4 N–H and O–H groups in total. The summed E-state index contributed by atoms with van der Waals surface area (Å²) < 4.78 is 5.49. The average Bonchev–Trinajstić information content (AvgIpc) is 2.82. The summed E-state index contributed by atoms with van der Waals surface area (Å²) in [7, 11) is -0.0513. The molecule has 0 heterocycles. The number of carbonyl (C=O) groups is 2. The number of benzene rings is 2. The summed E-state index contributed by atoms with van der Waals surface area (Å²) in [5, 5.41) is 25.2.